The average molecular weight is 1470 g/mol. The Morgan fingerprint density at radius 2 is 1.56 bits per heavy atom. The number of aliphatic hydroxyl groups excluding tert-OH is 2. The van der Waals surface area contributed by atoms with E-state index in [1.807, 2.05) is 24.8 Å². The summed E-state index contributed by atoms with van der Waals surface area (Å²) in [5, 5.41) is 48.9. The van der Waals surface area contributed by atoms with Gasteiger partial charge in [0.15, 0.2) is 22.4 Å². The number of primary amides is 1. The van der Waals surface area contributed by atoms with Gasteiger partial charge in [-0.3, -0.25) is 48.1 Å². The van der Waals surface area contributed by atoms with Crippen molar-refractivity contribution in [1.29, 1.82) is 0 Å². The van der Waals surface area contributed by atoms with Crippen molar-refractivity contribution in [3.05, 3.63) is 121 Å². The molecule has 0 spiro atoms. The predicted molar refractivity (Wildman–Crippen MR) is 393 cm³/mol. The molecule has 4 aliphatic rings. The van der Waals surface area contributed by atoms with Crippen molar-refractivity contribution in [2.45, 2.75) is 157 Å². The fourth-order valence-corrected chi connectivity index (χ4v) is 13.6. The van der Waals surface area contributed by atoms with Crippen LogP contribution in [0.3, 0.4) is 0 Å². The number of fused-ring (bicyclic) bond motifs is 2. The van der Waals surface area contributed by atoms with E-state index >= 15 is 4.79 Å². The number of phenolic OH excluding ortho intramolecular Hbond substituents is 1. The number of amides is 9. The second kappa shape index (κ2) is 34.4. The maximum atomic E-state index is 15.1. The van der Waals surface area contributed by atoms with Crippen molar-refractivity contribution in [1.82, 2.24) is 30.7 Å². The van der Waals surface area contributed by atoms with Crippen molar-refractivity contribution in [2.75, 3.05) is 61.9 Å². The summed E-state index contributed by atoms with van der Waals surface area (Å²) in [5.74, 6) is -8.93. The molecule has 9 amide bonds. The van der Waals surface area contributed by atoms with Gasteiger partial charge in [0.2, 0.25) is 28.6 Å². The Balaban J connectivity index is 0.905. The monoisotopic (exact) mass is 1470 g/mol. The molecule has 1 fully saturated rings. The lowest BCUT2D eigenvalue weighted by molar-refractivity contribution is -0.159. The summed E-state index contributed by atoms with van der Waals surface area (Å²) in [7, 11) is 1.45. The summed E-state index contributed by atoms with van der Waals surface area (Å²) in [4.78, 5) is 155. The maximum Gasteiger partial charge on any atom is 0.410 e. The average Bonchev–Trinajstić information content (AvgIpc) is 1.35. The van der Waals surface area contributed by atoms with Gasteiger partial charge in [-0.15, -0.1) is 0 Å². The zero-order chi connectivity index (χ0) is 77.2. The predicted octanol–water partition coefficient (Wildman–Crippen LogP) is 6.55. The van der Waals surface area contributed by atoms with Crippen molar-refractivity contribution >= 4 is 109 Å². The Morgan fingerprint density at radius 1 is 0.858 bits per heavy atom. The number of aromatic hydroxyl groups is 1. The molecule has 30 nitrogen and oxygen atoms in total. The molecule has 4 bridgehead atoms. The van der Waals surface area contributed by atoms with Crippen LogP contribution >= 0.6 is 0 Å². The number of aromatic nitrogens is 1. The van der Waals surface area contributed by atoms with E-state index in [4.69, 9.17) is 38.8 Å². The van der Waals surface area contributed by atoms with Crippen LogP contribution in [-0.4, -0.2) is 166 Å². The number of piperazine rings is 1. The number of methoxy groups -OCH3 is 1. The van der Waals surface area contributed by atoms with Crippen molar-refractivity contribution in [3.8, 4) is 11.5 Å². The quantitative estimate of drug-likeness (QED) is 0.0124. The highest BCUT2D eigenvalue weighted by atomic mass is 16.7. The molecule has 10 N–H and O–H groups in total. The number of carbonyl (C=O) groups excluding carboxylic acids is 9. The summed E-state index contributed by atoms with van der Waals surface area (Å²) >= 11 is 0. The zero-order valence-electron chi connectivity index (χ0n) is 61.3. The first kappa shape index (κ1) is 79.2. The number of hydrogen-bond acceptors (Lipinski definition) is 22. The van der Waals surface area contributed by atoms with Crippen LogP contribution in [0, 0.1) is 36.5 Å². The van der Waals surface area contributed by atoms with E-state index in [1.165, 1.54) is 76.3 Å². The Morgan fingerprint density at radius 3 is 2.22 bits per heavy atom. The summed E-state index contributed by atoms with van der Waals surface area (Å²) in [6, 6.07) is 6.43. The molecule has 9 rings (SSSR count). The number of imide groups is 1. The summed E-state index contributed by atoms with van der Waals surface area (Å²) < 4.78 is 36.5. The largest absolute Gasteiger partial charge is 0.507 e. The zero-order valence-corrected chi connectivity index (χ0v) is 61.3. The highest BCUT2D eigenvalue weighted by molar-refractivity contribution is 6.17. The molecular weight excluding hydrogens is 1370 g/mol. The number of rotatable bonds is 21. The fourth-order valence-electron chi connectivity index (χ4n) is 13.6. The smallest absolute Gasteiger partial charge is 0.410 e. The summed E-state index contributed by atoms with van der Waals surface area (Å²) in [6.45, 7) is 17.5. The number of nitrogens with zero attached hydrogens (tertiary/aromatic N) is 4. The molecule has 5 heterocycles. The highest BCUT2D eigenvalue weighted by Gasteiger charge is 2.44. The Labute approximate surface area is 611 Å². The standard InChI is InChI=1S/C76H94N10O20/c1-39(2)60(81-54(89)20-13-12-14-29-86-55(90)25-26-56(86)91)73(98)80-50(19-16-28-78-74(77)99)72(97)79-48-23-21-47(22-24-48)38-102-75(100)85-32-30-84(31-33-85)49-36-51(88)61-53(37-49)105-69-62(82-61)57-58-65(93)45(8)68-59(57)70(95)76(10,106-68)103-34-27-52(101-11)43(6)67(104-46(9)87)44(7)64(92)42(5)35-40(3)17-15-18-41(4)71(96)83-63(69)66(58)94/h15,17-18,21-27,34,36-37,39-40,42-44,50,52,60,64,67,92-93,95H,12-14,16,19-20,28-33,35,38H2,1-11H3,(H,79,97)(H,80,98)(H,81,89)(H,83,96)(H3,77,78,99)/b17-15+,34-27+,41-18-/t40-,42+,43+,44+,50-,52-,60?,64+,67+,76-/m0/s1. The van der Waals surface area contributed by atoms with Gasteiger partial charge in [-0.05, 0) is 87.5 Å². The van der Waals surface area contributed by atoms with Crippen LogP contribution in [0.4, 0.5) is 26.7 Å². The number of ether oxygens (including phenoxy) is 5. The second-order valence-corrected chi connectivity index (χ2v) is 28.0. The molecule has 0 radical (unpaired) electrons. The summed E-state index contributed by atoms with van der Waals surface area (Å²) in [5.41, 5.74) is 3.80. The molecule has 1 saturated heterocycles. The maximum absolute atomic E-state index is 15.1. The second-order valence-electron chi connectivity index (χ2n) is 28.0. The van der Waals surface area contributed by atoms with Gasteiger partial charge in [0.05, 0.1) is 29.1 Å². The van der Waals surface area contributed by atoms with Gasteiger partial charge in [-0.1, -0.05) is 78.3 Å². The van der Waals surface area contributed by atoms with Gasteiger partial charge >= 0.3 is 23.9 Å². The van der Waals surface area contributed by atoms with Crippen LogP contribution in [0.15, 0.2) is 98.7 Å². The lowest BCUT2D eigenvalue weighted by Crippen LogP contribution is -2.54. The number of aliphatic hydroxyl groups is 2. The topological polar surface area (TPSA) is 417 Å². The molecule has 1 unspecified atom stereocenters. The molecule has 5 aromatic rings. The molecule has 0 saturated carbocycles. The van der Waals surface area contributed by atoms with E-state index in [-0.39, 0.29) is 144 Å². The van der Waals surface area contributed by atoms with Crippen molar-refractivity contribution in [2.24, 2.45) is 35.3 Å². The van der Waals surface area contributed by atoms with Gasteiger partial charge < -0.3 is 85.5 Å². The Bertz CT molecular complexity index is 4530. The van der Waals surface area contributed by atoms with Crippen LogP contribution in [0.2, 0.25) is 0 Å². The highest BCUT2D eigenvalue weighted by Crippen LogP contribution is 2.43. The normalized spacial score (nSPS) is 23.2. The number of esters is 1. The van der Waals surface area contributed by atoms with E-state index in [0.29, 0.717) is 42.6 Å². The Kier molecular flexibility index (Phi) is 25.7. The first-order valence-corrected chi connectivity index (χ1v) is 35.5. The first-order valence-electron chi connectivity index (χ1n) is 35.5. The van der Waals surface area contributed by atoms with Crippen LogP contribution in [0.5, 0.6) is 11.5 Å². The molecule has 30 heteroatoms. The number of hydrogen-bond donors (Lipinski definition) is 9. The number of phenols is 1. The number of nitrogens with one attached hydrogen (secondary N) is 5. The van der Waals surface area contributed by atoms with E-state index in [0.717, 1.165) is 4.90 Å². The number of allylic oxidation sites excluding steroid dienone is 3. The Hall–Kier alpha value is -10.9. The van der Waals surface area contributed by atoms with E-state index in [9.17, 15) is 63.3 Å². The SMILES string of the molecule is CO[C@H]1/C=C/O[C@@]2(C)Oc3c(C)c(O)c4c(=O)c(c5oc6cc(N7CCN(C(=O)OCc8ccc(NC(=O)[C@H](CCCNC(N)=O)NC(=O)C(NC(=O)CCCCCN9C(=O)C=CC9=O)C(C)C)cc8)CC7)cc(=O)c6nc5c4c3=C2O)NC(=O)/C(C)=C\C=C\[C@H](C)C[C@@H](C)[C@@H](O)[C@@H](C)[C@H](OC(C)=O)[C@@H]1C. The number of nitrogens with two attached hydrogens (primary N) is 1. The van der Waals surface area contributed by atoms with Gasteiger partial charge in [0.1, 0.15) is 47.5 Å². The lowest BCUT2D eigenvalue weighted by Gasteiger charge is -2.36. The third kappa shape index (κ3) is 18.2. The third-order valence-electron chi connectivity index (χ3n) is 19.7. The fraction of sp³-hybridized carbons (Fsp3) is 0.474. The molecule has 4 aliphatic heterocycles. The van der Waals surface area contributed by atoms with Gasteiger partial charge in [-0.2, -0.15) is 0 Å². The molecule has 1 aromatic heterocycles. The molecular formula is C76H94N10O20. The number of benzene rings is 4. The summed E-state index contributed by atoms with van der Waals surface area (Å²) in [6.07, 6.45) is 9.43. The van der Waals surface area contributed by atoms with Crippen molar-refractivity contribution in [3.63, 3.8) is 0 Å². The molecule has 0 aliphatic carbocycles. The number of unbranched alkanes of at least 4 members (excludes halogenated alkanes) is 2. The number of urea groups is 1. The van der Waals surface area contributed by atoms with Crippen LogP contribution in [0.1, 0.15) is 118 Å². The van der Waals surface area contributed by atoms with Crippen molar-refractivity contribution < 1.29 is 86.6 Å². The van der Waals surface area contributed by atoms with E-state index < -0.39 is 123 Å². The van der Waals surface area contributed by atoms with Gasteiger partial charge in [-0.25, -0.2) is 14.6 Å². The third-order valence-corrected chi connectivity index (χ3v) is 19.7. The minimum Gasteiger partial charge on any atom is -0.507 e. The molecule has 568 valence electrons. The lowest BCUT2D eigenvalue weighted by atomic mass is 9.79. The van der Waals surface area contributed by atoms with Gasteiger partial charge in [0, 0.05) is 131 Å². The van der Waals surface area contributed by atoms with E-state index in [2.05, 4.69) is 26.6 Å². The van der Waals surface area contributed by atoms with Gasteiger partial charge in [0.25, 0.3) is 17.7 Å². The minimum atomic E-state index is -2.05. The van der Waals surface area contributed by atoms with E-state index in [1.54, 1.807) is 64.1 Å². The number of carbonyl (C=O) groups is 9. The van der Waals surface area contributed by atoms with Crippen LogP contribution < -0.4 is 58.0 Å². The number of anilines is 3. The first-order chi connectivity index (χ1) is 50.3. The molecule has 4 aromatic carbocycles. The van der Waals surface area contributed by atoms with Crippen LogP contribution in [0.25, 0.3) is 38.7 Å². The van der Waals surface area contributed by atoms with Crippen LogP contribution in [-0.2, 0) is 59.1 Å². The molecule has 10 atom stereocenters. The molecule has 106 heavy (non-hydrogen) atoms. The minimum absolute atomic E-state index is 0.00523.